The van der Waals surface area contributed by atoms with Gasteiger partial charge < -0.3 is 13.9 Å². The number of fused-ring (bicyclic) bond motifs is 7. The van der Waals surface area contributed by atoms with E-state index in [-0.39, 0.29) is 0 Å². The van der Waals surface area contributed by atoms with Crippen LogP contribution in [-0.2, 0) is 0 Å². The Kier molecular flexibility index (Phi) is 9.52. The van der Waals surface area contributed by atoms with Gasteiger partial charge in [-0.3, -0.25) is 0 Å². The molecule has 0 saturated heterocycles. The molecule has 0 bridgehead atoms. The molecule has 0 saturated carbocycles. The Morgan fingerprint density at radius 3 is 1.78 bits per heavy atom. The van der Waals surface area contributed by atoms with E-state index in [1.54, 1.807) is 0 Å². The minimum absolute atomic E-state index is 0.621. The van der Waals surface area contributed by atoms with Gasteiger partial charge in [0.15, 0.2) is 5.69 Å². The Morgan fingerprint density at radius 2 is 0.957 bits per heavy atom. The van der Waals surface area contributed by atoms with Crippen LogP contribution in [0.15, 0.2) is 253 Å². The van der Waals surface area contributed by atoms with Crippen molar-refractivity contribution in [1.29, 1.82) is 0 Å². The molecule has 0 amide bonds. The average Bonchev–Trinajstić information content (AvgIpc) is 3.97. The smallest absolute Gasteiger partial charge is 0.187 e. The highest BCUT2D eigenvalue weighted by Gasteiger charge is 2.19. The zero-order valence-electron chi connectivity index (χ0n) is 37.4. The minimum Gasteiger partial charge on any atom is -0.455 e. The summed E-state index contributed by atoms with van der Waals surface area (Å²) in [5.41, 5.74) is 17.7. The Labute approximate surface area is 399 Å². The van der Waals surface area contributed by atoms with Crippen LogP contribution >= 0.6 is 0 Å². The van der Waals surface area contributed by atoms with E-state index in [1.165, 1.54) is 21.5 Å². The van der Waals surface area contributed by atoms with E-state index >= 15 is 0 Å². The zero-order valence-corrected chi connectivity index (χ0v) is 37.4. The largest absolute Gasteiger partial charge is 0.455 e. The first-order chi connectivity index (χ1) is 34.1. The van der Waals surface area contributed by atoms with Crippen LogP contribution < -0.4 is 4.90 Å². The quantitative estimate of drug-likeness (QED) is 0.142. The summed E-state index contributed by atoms with van der Waals surface area (Å²) in [4.78, 5) is 6.01. The van der Waals surface area contributed by atoms with E-state index < -0.39 is 0 Å². The minimum atomic E-state index is 0.621. The summed E-state index contributed by atoms with van der Waals surface area (Å²) in [5, 5.41) is 6.98. The predicted octanol–water partition coefficient (Wildman–Crippen LogP) is 18.5. The van der Waals surface area contributed by atoms with Crippen molar-refractivity contribution in [3.8, 4) is 50.2 Å². The summed E-state index contributed by atoms with van der Waals surface area (Å²) in [6.07, 6.45) is 0. The summed E-state index contributed by atoms with van der Waals surface area (Å²) in [7, 11) is 0. The van der Waals surface area contributed by atoms with Gasteiger partial charge >= 0.3 is 0 Å². The molecule has 0 aliphatic carbocycles. The number of nitrogens with zero attached hydrogens (tertiary/aromatic N) is 3. The van der Waals surface area contributed by atoms with Gasteiger partial charge in [-0.25, -0.2) is 4.85 Å². The normalized spacial score (nSPS) is 11.5. The fraction of sp³-hybridized carbons (Fsp3) is 0. The number of hydrogen-bond acceptors (Lipinski definition) is 2. The zero-order chi connectivity index (χ0) is 45.8. The highest BCUT2D eigenvalue weighted by atomic mass is 16.3. The van der Waals surface area contributed by atoms with Crippen LogP contribution in [0.4, 0.5) is 22.7 Å². The fourth-order valence-corrected chi connectivity index (χ4v) is 10.2. The first-order valence-electron chi connectivity index (χ1n) is 23.3. The molecule has 13 aromatic rings. The number of benzene rings is 11. The number of hydrogen-bond donors (Lipinski definition) is 0. The van der Waals surface area contributed by atoms with E-state index in [0.717, 1.165) is 100 Å². The van der Waals surface area contributed by atoms with Crippen molar-refractivity contribution in [2.75, 3.05) is 4.90 Å². The Morgan fingerprint density at radius 1 is 0.362 bits per heavy atom. The van der Waals surface area contributed by atoms with Crippen LogP contribution in [0.25, 0.3) is 110 Å². The molecule has 4 nitrogen and oxygen atoms in total. The van der Waals surface area contributed by atoms with Crippen LogP contribution in [0.3, 0.4) is 0 Å². The third kappa shape index (κ3) is 7.01. The molecule has 0 fully saturated rings. The number of rotatable bonds is 8. The number of anilines is 3. The number of furan rings is 1. The first-order valence-corrected chi connectivity index (χ1v) is 23.3. The van der Waals surface area contributed by atoms with Crippen molar-refractivity contribution in [3.63, 3.8) is 0 Å². The molecule has 0 radical (unpaired) electrons. The van der Waals surface area contributed by atoms with Gasteiger partial charge in [0.25, 0.3) is 0 Å². The van der Waals surface area contributed by atoms with Crippen molar-refractivity contribution >= 4 is 77.3 Å². The maximum absolute atomic E-state index is 7.58. The highest BCUT2D eigenvalue weighted by Crippen LogP contribution is 2.43. The van der Waals surface area contributed by atoms with Crippen LogP contribution in [0.1, 0.15) is 0 Å². The SMILES string of the molecule is [C-]#[N+]c1ccc(-n2c3ccccc3c3ccc(-c4cc(-c5cccc(-c6cccc(N(c7ccccc7)c7ccc8ccccc8c7)c6)c5)cc(-c5cccc6c5oc5ccccc56)c4)cc32)cc1. The molecule has 13 rings (SSSR count). The van der Waals surface area contributed by atoms with Gasteiger partial charge in [-0.1, -0.05) is 158 Å². The Balaban J connectivity index is 0.971. The monoisotopic (exact) mass is 879 g/mol. The Bertz CT molecular complexity index is 4150. The molecule has 11 aromatic carbocycles. The van der Waals surface area contributed by atoms with Gasteiger partial charge in [0.2, 0.25) is 0 Å². The lowest BCUT2D eigenvalue weighted by atomic mass is 9.91. The number of aromatic nitrogens is 1. The van der Waals surface area contributed by atoms with E-state index in [2.05, 4.69) is 227 Å². The van der Waals surface area contributed by atoms with Crippen LogP contribution in [0, 0.1) is 6.57 Å². The average molecular weight is 880 g/mol. The van der Waals surface area contributed by atoms with Gasteiger partial charge in [-0.05, 0) is 141 Å². The molecule has 0 aliphatic rings. The van der Waals surface area contributed by atoms with Crippen molar-refractivity contribution in [2.24, 2.45) is 0 Å². The molecule has 4 heteroatoms. The predicted molar refractivity (Wildman–Crippen MR) is 288 cm³/mol. The molecule has 69 heavy (non-hydrogen) atoms. The molecule has 0 N–H and O–H groups in total. The van der Waals surface area contributed by atoms with Crippen LogP contribution in [-0.4, -0.2) is 4.57 Å². The van der Waals surface area contributed by atoms with Crippen molar-refractivity contribution in [2.45, 2.75) is 0 Å². The second-order valence-electron chi connectivity index (χ2n) is 17.6. The molecule has 2 heterocycles. The summed E-state index contributed by atoms with van der Waals surface area (Å²) in [6, 6.07) is 88.6. The third-order valence-electron chi connectivity index (χ3n) is 13.5. The molecule has 2 aromatic heterocycles. The van der Waals surface area contributed by atoms with Crippen LogP contribution in [0.5, 0.6) is 0 Å². The Hall–Kier alpha value is -9.43. The lowest BCUT2D eigenvalue weighted by Gasteiger charge is -2.26. The number of para-hydroxylation sites is 4. The van der Waals surface area contributed by atoms with Crippen LogP contribution in [0.2, 0.25) is 0 Å². The van der Waals surface area contributed by atoms with Crippen molar-refractivity contribution in [3.05, 3.63) is 260 Å². The maximum atomic E-state index is 7.58. The van der Waals surface area contributed by atoms with E-state index in [4.69, 9.17) is 11.0 Å². The summed E-state index contributed by atoms with van der Waals surface area (Å²) in [5.74, 6) is 0. The first kappa shape index (κ1) is 39.9. The standard InChI is InChI=1S/C65H41N3O/c1-66-52-30-33-54(34-31-52)68-62-26-9-7-22-58(62)59-35-29-48(42-63(59)68)50-37-49(38-51(39-50)57-24-13-25-61-60-23-8-10-27-64(60)69-65(57)61)45-17-11-16-44(36-45)47-18-12-21-55(41-47)67(53-19-3-2-4-20-53)56-32-28-43-14-5-6-15-46(43)40-56/h2-42H. The molecular weight excluding hydrogens is 839 g/mol. The van der Waals surface area contributed by atoms with E-state index in [0.29, 0.717) is 5.69 Å². The topological polar surface area (TPSA) is 25.7 Å². The van der Waals surface area contributed by atoms with E-state index in [1.807, 2.05) is 36.4 Å². The van der Waals surface area contributed by atoms with Gasteiger partial charge in [-0.2, -0.15) is 0 Å². The van der Waals surface area contributed by atoms with Gasteiger partial charge in [-0.15, -0.1) is 0 Å². The fourth-order valence-electron chi connectivity index (χ4n) is 10.2. The summed E-state index contributed by atoms with van der Waals surface area (Å²) >= 11 is 0. The van der Waals surface area contributed by atoms with Crippen molar-refractivity contribution < 1.29 is 4.42 Å². The van der Waals surface area contributed by atoms with Gasteiger partial charge in [0.05, 0.1) is 17.6 Å². The molecule has 0 aliphatic heterocycles. The van der Waals surface area contributed by atoms with Gasteiger partial charge in [0, 0.05) is 49.9 Å². The molecule has 322 valence electrons. The molecule has 0 unspecified atom stereocenters. The summed E-state index contributed by atoms with van der Waals surface area (Å²) in [6.45, 7) is 7.58. The molecule has 0 atom stereocenters. The lowest BCUT2D eigenvalue weighted by molar-refractivity contribution is 0.670. The second-order valence-corrected chi connectivity index (χ2v) is 17.6. The lowest BCUT2D eigenvalue weighted by Crippen LogP contribution is -2.09. The highest BCUT2D eigenvalue weighted by molar-refractivity contribution is 6.11. The molecular formula is C65H41N3O. The van der Waals surface area contributed by atoms with E-state index in [9.17, 15) is 0 Å². The van der Waals surface area contributed by atoms with Crippen molar-refractivity contribution in [1.82, 2.24) is 4.57 Å². The maximum Gasteiger partial charge on any atom is 0.187 e. The third-order valence-corrected chi connectivity index (χ3v) is 13.5. The second kappa shape index (κ2) is 16.5. The summed E-state index contributed by atoms with van der Waals surface area (Å²) < 4.78 is 8.99. The van der Waals surface area contributed by atoms with Gasteiger partial charge in [0.1, 0.15) is 11.2 Å². The molecule has 0 spiro atoms.